The average molecular weight is 1550 g/mol. The number of imidazole rings is 2. The SMILES string of the molecule is O=c1n(-c2ccccc2)c2ccccc2n1-c1ccc(-c2ccc3c(-c4ccc5ccccc5c4)c4ccccc4c(-c4ccc5ccccc5c4)c3c2)cc1.O=c1n(-c2ccccc2)c2ccccc2n1-c1ccc(Br)cc1.OB(O)c1ccc2c(-c3ccc4ccccc4c3)c3ccccc3c(-c3ccc4ccccc4c3)c2c1. The van der Waals surface area contributed by atoms with E-state index in [4.69, 9.17) is 0 Å². The van der Waals surface area contributed by atoms with E-state index in [1.807, 2.05) is 156 Å². The number of hydrogen-bond donors (Lipinski definition) is 2. The molecule has 0 aliphatic carbocycles. The van der Waals surface area contributed by atoms with E-state index in [1.165, 1.54) is 92.3 Å². The van der Waals surface area contributed by atoms with Gasteiger partial charge in [0.25, 0.3) is 0 Å². The second-order valence-corrected chi connectivity index (χ2v) is 30.3. The van der Waals surface area contributed by atoms with Gasteiger partial charge in [0, 0.05) is 4.47 Å². The Bertz CT molecular complexity index is 7740. The van der Waals surface area contributed by atoms with Gasteiger partial charge in [0.1, 0.15) is 0 Å². The minimum absolute atomic E-state index is 0.0697. The summed E-state index contributed by atoms with van der Waals surface area (Å²) >= 11 is 3.44. The van der Waals surface area contributed by atoms with Gasteiger partial charge in [-0.1, -0.05) is 313 Å². The van der Waals surface area contributed by atoms with Crippen LogP contribution in [0.25, 0.3) is 187 Å². The maximum absolute atomic E-state index is 14.1. The second-order valence-electron chi connectivity index (χ2n) is 29.4. The van der Waals surface area contributed by atoms with Crippen molar-refractivity contribution in [3.8, 4) is 78.4 Å². The maximum atomic E-state index is 14.1. The van der Waals surface area contributed by atoms with E-state index < -0.39 is 7.12 Å². The predicted molar refractivity (Wildman–Crippen MR) is 489 cm³/mol. The van der Waals surface area contributed by atoms with Gasteiger partial charge >= 0.3 is 18.5 Å². The molecule has 0 atom stereocenters. The van der Waals surface area contributed by atoms with Crippen LogP contribution in [0.1, 0.15) is 0 Å². The Morgan fingerprint density at radius 2 is 0.466 bits per heavy atom. The summed E-state index contributed by atoms with van der Waals surface area (Å²) in [5, 5.41) is 39.1. The van der Waals surface area contributed by atoms with Gasteiger partial charge < -0.3 is 10.0 Å². The van der Waals surface area contributed by atoms with Gasteiger partial charge in [-0.15, -0.1) is 0 Å². The summed E-state index contributed by atoms with van der Waals surface area (Å²) < 4.78 is 8.08. The first-order chi connectivity index (χ1) is 57.1. The monoisotopic (exact) mass is 1550 g/mol. The zero-order valence-electron chi connectivity index (χ0n) is 62.7. The molecule has 0 spiro atoms. The molecule has 22 rings (SSSR count). The number of para-hydroxylation sites is 6. The lowest BCUT2D eigenvalue weighted by Gasteiger charge is -2.19. The van der Waals surface area contributed by atoms with Crippen LogP contribution in [0.3, 0.4) is 0 Å². The summed E-state index contributed by atoms with van der Waals surface area (Å²) in [6, 6.07) is 142. The molecular weight excluding hydrogens is 1480 g/mol. The van der Waals surface area contributed by atoms with Crippen LogP contribution in [0.2, 0.25) is 0 Å². The van der Waals surface area contributed by atoms with Crippen molar-refractivity contribution >= 4 is 137 Å². The molecule has 22 aromatic rings. The predicted octanol–water partition coefficient (Wildman–Crippen LogP) is 25.3. The van der Waals surface area contributed by atoms with Gasteiger partial charge in [0.2, 0.25) is 0 Å². The van der Waals surface area contributed by atoms with E-state index in [-0.39, 0.29) is 11.4 Å². The number of nitrogens with zero attached hydrogens (tertiary/aromatic N) is 4. The van der Waals surface area contributed by atoms with Gasteiger partial charge in [0.15, 0.2) is 0 Å². The number of fused-ring (bicyclic) bond motifs is 10. The van der Waals surface area contributed by atoms with Crippen molar-refractivity contribution in [2.75, 3.05) is 0 Å². The quantitative estimate of drug-likeness (QED) is 0.105. The topological polar surface area (TPSA) is 94.3 Å². The number of halogens is 1. The second kappa shape index (κ2) is 29.9. The molecular formula is C106H70BBrN4O4. The fourth-order valence-electron chi connectivity index (χ4n) is 17.2. The Kier molecular flexibility index (Phi) is 18.2. The molecule has 548 valence electrons. The standard InChI is InChI=1S/C53H34N2O.C34H23BO2.C19H13BrN2O/c56-53-54(43-16-2-1-3-17-43)49-20-10-11-21-50(49)55(53)44-29-26-37(27-30-44)40-28-31-47-48(34-40)52(42-25-23-36-13-5-7-15-39(36)33-42)46-19-9-8-18-45(46)51(47)41-24-22-35-12-4-6-14-38(35)32-41;36-35(37)28-17-18-31-32(21-28)34(27-16-14-23-8-2-4-10-25(23)20-27)30-12-6-5-11-29(30)33(31)26-15-13-22-7-1-3-9-24(22)19-26;20-14-10-12-16(13-11-14)22-18-9-5-4-8-17(18)21(19(22)23)15-6-2-1-3-7-15/h1-34H;1-21,36-37H;1-13H. The van der Waals surface area contributed by atoms with Gasteiger partial charge in [-0.25, -0.2) is 9.59 Å². The zero-order valence-corrected chi connectivity index (χ0v) is 64.3. The molecule has 10 heteroatoms. The van der Waals surface area contributed by atoms with Crippen molar-refractivity contribution in [3.63, 3.8) is 0 Å². The van der Waals surface area contributed by atoms with E-state index in [1.54, 1.807) is 13.7 Å². The maximum Gasteiger partial charge on any atom is 0.488 e. The number of rotatable bonds is 10. The van der Waals surface area contributed by atoms with E-state index in [9.17, 15) is 19.6 Å². The smallest absolute Gasteiger partial charge is 0.423 e. The minimum Gasteiger partial charge on any atom is -0.423 e. The molecule has 0 saturated heterocycles. The van der Waals surface area contributed by atoms with Crippen molar-refractivity contribution in [1.82, 2.24) is 18.3 Å². The van der Waals surface area contributed by atoms with Crippen LogP contribution in [0.5, 0.6) is 0 Å². The molecule has 0 radical (unpaired) electrons. The fourth-order valence-corrected chi connectivity index (χ4v) is 17.4. The molecule has 0 amide bonds. The first-order valence-electron chi connectivity index (χ1n) is 38.8. The van der Waals surface area contributed by atoms with Gasteiger partial charge in [-0.3, -0.25) is 18.3 Å². The van der Waals surface area contributed by atoms with Crippen molar-refractivity contribution in [2.24, 2.45) is 0 Å². The third-order valence-corrected chi connectivity index (χ3v) is 23.1. The third kappa shape index (κ3) is 12.7. The van der Waals surface area contributed by atoms with Crippen LogP contribution >= 0.6 is 15.9 Å². The number of aromatic nitrogens is 4. The summed E-state index contributed by atoms with van der Waals surface area (Å²) in [7, 11) is -1.54. The molecule has 0 aliphatic rings. The Morgan fingerprint density at radius 1 is 0.207 bits per heavy atom. The third-order valence-electron chi connectivity index (χ3n) is 22.6. The molecule has 0 aliphatic heterocycles. The molecule has 2 heterocycles. The number of hydrogen-bond acceptors (Lipinski definition) is 4. The molecule has 116 heavy (non-hydrogen) atoms. The van der Waals surface area contributed by atoms with Gasteiger partial charge in [-0.05, 0) is 263 Å². The molecule has 8 nitrogen and oxygen atoms in total. The molecule has 20 aromatic carbocycles. The van der Waals surface area contributed by atoms with E-state index in [0.717, 1.165) is 98.8 Å². The number of benzene rings is 20. The summed E-state index contributed by atoms with van der Waals surface area (Å²) in [5.74, 6) is 0. The van der Waals surface area contributed by atoms with Crippen LogP contribution in [0.4, 0.5) is 0 Å². The van der Waals surface area contributed by atoms with Crippen molar-refractivity contribution in [2.45, 2.75) is 0 Å². The highest BCUT2D eigenvalue weighted by Gasteiger charge is 2.24. The van der Waals surface area contributed by atoms with Crippen LogP contribution in [-0.4, -0.2) is 35.4 Å². The molecule has 0 fully saturated rings. The highest BCUT2D eigenvalue weighted by molar-refractivity contribution is 9.10. The highest BCUT2D eigenvalue weighted by Crippen LogP contribution is 2.48. The Labute approximate surface area is 676 Å². The van der Waals surface area contributed by atoms with Crippen molar-refractivity contribution in [3.05, 3.63) is 438 Å². The van der Waals surface area contributed by atoms with E-state index in [2.05, 4.69) is 277 Å². The van der Waals surface area contributed by atoms with Crippen LogP contribution < -0.4 is 16.8 Å². The zero-order chi connectivity index (χ0) is 77.9. The van der Waals surface area contributed by atoms with E-state index in [0.29, 0.717) is 5.46 Å². The van der Waals surface area contributed by atoms with E-state index >= 15 is 0 Å². The lowest BCUT2D eigenvalue weighted by Crippen LogP contribution is -2.29. The molecule has 0 bridgehead atoms. The largest absolute Gasteiger partial charge is 0.488 e. The summed E-state index contributed by atoms with van der Waals surface area (Å²) in [4.78, 5) is 27.2. The van der Waals surface area contributed by atoms with Crippen LogP contribution in [-0.2, 0) is 0 Å². The van der Waals surface area contributed by atoms with Crippen molar-refractivity contribution in [1.29, 1.82) is 0 Å². The molecule has 2 N–H and O–H groups in total. The lowest BCUT2D eigenvalue weighted by atomic mass is 9.77. The molecule has 0 saturated carbocycles. The average Bonchev–Trinajstić information content (AvgIpc) is 1.10. The van der Waals surface area contributed by atoms with Gasteiger partial charge in [-0.2, -0.15) is 0 Å². The summed E-state index contributed by atoms with van der Waals surface area (Å²) in [6.45, 7) is 0. The minimum atomic E-state index is -1.54. The fraction of sp³-hybridized carbons (Fsp3) is 0. The lowest BCUT2D eigenvalue weighted by molar-refractivity contribution is 0.426. The summed E-state index contributed by atoms with van der Waals surface area (Å²) in [5.41, 5.74) is 18.8. The Balaban J connectivity index is 0.000000124. The first kappa shape index (κ1) is 70.6. The van der Waals surface area contributed by atoms with Crippen LogP contribution in [0, 0.1) is 0 Å². The summed E-state index contributed by atoms with van der Waals surface area (Å²) in [6.07, 6.45) is 0. The molecule has 0 unspecified atom stereocenters. The highest BCUT2D eigenvalue weighted by atomic mass is 79.9. The first-order valence-corrected chi connectivity index (χ1v) is 39.6. The normalized spacial score (nSPS) is 11.5. The van der Waals surface area contributed by atoms with Crippen molar-refractivity contribution < 1.29 is 10.0 Å². The Morgan fingerprint density at radius 3 is 0.819 bits per heavy atom. The Hall–Kier alpha value is -14.5. The molecule has 2 aromatic heterocycles. The van der Waals surface area contributed by atoms with Crippen LogP contribution in [0.15, 0.2) is 427 Å². The van der Waals surface area contributed by atoms with Gasteiger partial charge in [0.05, 0.1) is 44.8 Å².